The number of nitrogens with one attached hydrogen (secondary N) is 3. The Bertz CT molecular complexity index is 933. The third-order valence-electron chi connectivity index (χ3n) is 4.30. The fraction of sp³-hybridized carbons (Fsp3) is 0.250. The molecule has 1 aliphatic heterocycles. The van der Waals surface area contributed by atoms with Crippen LogP contribution >= 0.6 is 35.4 Å². The summed E-state index contributed by atoms with van der Waals surface area (Å²) < 4.78 is 5.50. The van der Waals surface area contributed by atoms with Crippen LogP contribution in [0.5, 0.6) is 0 Å². The molecule has 3 N–H and O–H groups in total. The lowest BCUT2D eigenvalue weighted by atomic mass is 10.1. The zero-order valence-electron chi connectivity index (χ0n) is 15.3. The Kier molecular flexibility index (Phi) is 7.44. The molecule has 29 heavy (non-hydrogen) atoms. The van der Waals surface area contributed by atoms with Crippen LogP contribution in [0.15, 0.2) is 42.5 Å². The highest BCUT2D eigenvalue weighted by Gasteiger charge is 2.17. The number of rotatable bonds is 5. The van der Waals surface area contributed by atoms with Crippen LogP contribution in [0.2, 0.25) is 10.0 Å². The second-order valence-corrected chi connectivity index (χ2v) is 7.71. The van der Waals surface area contributed by atoms with E-state index in [0.29, 0.717) is 22.8 Å². The molecule has 0 bridgehead atoms. The summed E-state index contributed by atoms with van der Waals surface area (Å²) in [5, 5.41) is 9.05. The second kappa shape index (κ2) is 10.0. The van der Waals surface area contributed by atoms with E-state index >= 15 is 0 Å². The molecule has 0 spiro atoms. The van der Waals surface area contributed by atoms with Gasteiger partial charge in [-0.05, 0) is 61.5 Å². The Hall–Kier alpha value is -2.19. The van der Waals surface area contributed by atoms with E-state index in [9.17, 15) is 9.59 Å². The molecule has 0 aromatic heterocycles. The first-order valence-corrected chi connectivity index (χ1v) is 10.2. The molecule has 0 saturated carbocycles. The number of carbonyl (C=O) groups is 2. The normalized spacial score (nSPS) is 15.6. The number of carbonyl (C=O) groups excluding carboxylic acids is 2. The predicted molar refractivity (Wildman–Crippen MR) is 118 cm³/mol. The predicted octanol–water partition coefficient (Wildman–Crippen LogP) is 4.03. The lowest BCUT2D eigenvalue weighted by Gasteiger charge is -2.13. The van der Waals surface area contributed by atoms with Gasteiger partial charge in [0.25, 0.3) is 11.8 Å². The van der Waals surface area contributed by atoms with Crippen LogP contribution in [0, 0.1) is 0 Å². The summed E-state index contributed by atoms with van der Waals surface area (Å²) in [6.07, 6.45) is 2.04. The molecule has 9 heteroatoms. The summed E-state index contributed by atoms with van der Waals surface area (Å²) in [6, 6.07) is 11.4. The largest absolute Gasteiger partial charge is 0.376 e. The quantitative estimate of drug-likeness (QED) is 0.598. The van der Waals surface area contributed by atoms with Crippen LogP contribution in [0.1, 0.15) is 33.6 Å². The number of hydrogen-bond donors (Lipinski definition) is 3. The second-order valence-electron chi connectivity index (χ2n) is 6.46. The molecule has 0 radical (unpaired) electrons. The molecule has 1 unspecified atom stereocenters. The van der Waals surface area contributed by atoms with E-state index in [2.05, 4.69) is 16.0 Å². The molecule has 1 saturated heterocycles. The SMILES string of the molecule is O=C(NCC1CCCO1)c1cccc(NC(=S)NC(=O)c2ccc(Cl)cc2Cl)c1. The van der Waals surface area contributed by atoms with Gasteiger partial charge in [-0.15, -0.1) is 0 Å². The van der Waals surface area contributed by atoms with Crippen molar-refractivity contribution >= 4 is 58.0 Å². The van der Waals surface area contributed by atoms with Crippen molar-refractivity contribution in [2.24, 2.45) is 0 Å². The van der Waals surface area contributed by atoms with Crippen molar-refractivity contribution in [2.45, 2.75) is 18.9 Å². The fourth-order valence-corrected chi connectivity index (χ4v) is 3.56. The van der Waals surface area contributed by atoms with Crippen LogP contribution in [-0.2, 0) is 4.74 Å². The standard InChI is InChI=1S/C20H19Cl2N3O3S/c21-13-6-7-16(17(22)10-13)19(27)25-20(29)24-14-4-1-3-12(9-14)18(26)23-11-15-5-2-8-28-15/h1,3-4,6-7,9-10,15H,2,5,8,11H2,(H,23,26)(H2,24,25,27,29). The van der Waals surface area contributed by atoms with E-state index in [1.807, 2.05) is 0 Å². The Balaban J connectivity index is 1.56. The zero-order valence-corrected chi connectivity index (χ0v) is 17.7. The van der Waals surface area contributed by atoms with Crippen LogP contribution in [0.3, 0.4) is 0 Å². The number of benzene rings is 2. The molecule has 1 aliphatic rings. The molecule has 2 aromatic carbocycles. The molecule has 1 atom stereocenters. The van der Waals surface area contributed by atoms with Crippen LogP contribution in [-0.4, -0.2) is 36.2 Å². The molecule has 1 fully saturated rings. The van der Waals surface area contributed by atoms with Crippen LogP contribution in [0.25, 0.3) is 0 Å². The van der Waals surface area contributed by atoms with Crippen LogP contribution in [0.4, 0.5) is 5.69 Å². The Labute approximate surface area is 183 Å². The maximum atomic E-state index is 12.3. The fourth-order valence-electron chi connectivity index (χ4n) is 2.86. The van der Waals surface area contributed by atoms with Crippen molar-refractivity contribution < 1.29 is 14.3 Å². The van der Waals surface area contributed by atoms with Crippen molar-refractivity contribution in [2.75, 3.05) is 18.5 Å². The summed E-state index contributed by atoms with van der Waals surface area (Å²) >= 11 is 17.1. The summed E-state index contributed by atoms with van der Waals surface area (Å²) in [7, 11) is 0. The van der Waals surface area contributed by atoms with Gasteiger partial charge in [0.15, 0.2) is 5.11 Å². The third-order valence-corrected chi connectivity index (χ3v) is 5.05. The molecule has 152 valence electrons. The van der Waals surface area contributed by atoms with Gasteiger partial charge < -0.3 is 15.4 Å². The first-order chi connectivity index (χ1) is 13.9. The van der Waals surface area contributed by atoms with Crippen molar-refractivity contribution in [1.29, 1.82) is 0 Å². The minimum absolute atomic E-state index is 0.0720. The summed E-state index contributed by atoms with van der Waals surface area (Å²) in [5.41, 5.74) is 1.30. The lowest BCUT2D eigenvalue weighted by Crippen LogP contribution is -2.34. The maximum Gasteiger partial charge on any atom is 0.258 e. The van der Waals surface area contributed by atoms with Gasteiger partial charge in [0.05, 0.1) is 16.7 Å². The lowest BCUT2D eigenvalue weighted by molar-refractivity contribution is 0.0857. The van der Waals surface area contributed by atoms with Crippen molar-refractivity contribution in [3.05, 3.63) is 63.6 Å². The number of anilines is 1. The zero-order chi connectivity index (χ0) is 20.8. The van der Waals surface area contributed by atoms with Crippen molar-refractivity contribution in [1.82, 2.24) is 10.6 Å². The molecule has 2 aromatic rings. The minimum Gasteiger partial charge on any atom is -0.376 e. The maximum absolute atomic E-state index is 12.3. The van der Waals surface area contributed by atoms with Gasteiger partial charge in [-0.25, -0.2) is 0 Å². The van der Waals surface area contributed by atoms with E-state index < -0.39 is 5.91 Å². The minimum atomic E-state index is -0.463. The first-order valence-electron chi connectivity index (χ1n) is 8.99. The van der Waals surface area contributed by atoms with Crippen LogP contribution < -0.4 is 16.0 Å². The highest BCUT2D eigenvalue weighted by atomic mass is 35.5. The summed E-state index contributed by atoms with van der Waals surface area (Å²) in [4.78, 5) is 24.7. The molecule has 1 heterocycles. The van der Waals surface area contributed by atoms with Gasteiger partial charge in [-0.3, -0.25) is 14.9 Å². The van der Waals surface area contributed by atoms with E-state index in [0.717, 1.165) is 19.4 Å². The smallest absolute Gasteiger partial charge is 0.258 e. The van der Waals surface area contributed by atoms with Gasteiger partial charge >= 0.3 is 0 Å². The average molecular weight is 452 g/mol. The average Bonchev–Trinajstić information content (AvgIpc) is 3.19. The number of amides is 2. The number of ether oxygens (including phenoxy) is 1. The van der Waals surface area contributed by atoms with Gasteiger partial charge in [0.2, 0.25) is 0 Å². The monoisotopic (exact) mass is 451 g/mol. The summed E-state index contributed by atoms with van der Waals surface area (Å²) in [5.74, 6) is -0.665. The van der Waals surface area contributed by atoms with E-state index in [1.54, 1.807) is 30.3 Å². The van der Waals surface area contributed by atoms with Crippen molar-refractivity contribution in [3.63, 3.8) is 0 Å². The topological polar surface area (TPSA) is 79.5 Å². The Morgan fingerprint density at radius 3 is 2.69 bits per heavy atom. The molecule has 3 rings (SSSR count). The van der Waals surface area contributed by atoms with E-state index in [1.165, 1.54) is 12.1 Å². The number of halogens is 2. The van der Waals surface area contributed by atoms with Crippen molar-refractivity contribution in [3.8, 4) is 0 Å². The van der Waals surface area contributed by atoms with Gasteiger partial charge in [0, 0.05) is 29.4 Å². The summed E-state index contributed by atoms with van der Waals surface area (Å²) in [6.45, 7) is 1.22. The highest BCUT2D eigenvalue weighted by Crippen LogP contribution is 2.21. The molecular formula is C20H19Cl2N3O3S. The third kappa shape index (κ3) is 6.14. The molecular weight excluding hydrogens is 433 g/mol. The molecule has 6 nitrogen and oxygen atoms in total. The Morgan fingerprint density at radius 2 is 1.97 bits per heavy atom. The molecule has 2 amide bonds. The van der Waals surface area contributed by atoms with E-state index in [-0.39, 0.29) is 27.7 Å². The Morgan fingerprint density at radius 1 is 1.14 bits per heavy atom. The first kappa shape index (κ1) is 21.5. The van der Waals surface area contributed by atoms with Gasteiger partial charge in [0.1, 0.15) is 0 Å². The van der Waals surface area contributed by atoms with Gasteiger partial charge in [-0.2, -0.15) is 0 Å². The molecule has 0 aliphatic carbocycles. The highest BCUT2D eigenvalue weighted by molar-refractivity contribution is 7.80. The van der Waals surface area contributed by atoms with Gasteiger partial charge in [-0.1, -0.05) is 29.3 Å². The number of hydrogen-bond acceptors (Lipinski definition) is 4. The number of thiocarbonyl (C=S) groups is 1. The van der Waals surface area contributed by atoms with E-state index in [4.69, 9.17) is 40.2 Å².